The van der Waals surface area contributed by atoms with Crippen molar-refractivity contribution in [1.29, 1.82) is 0 Å². The molecule has 5 atom stereocenters. The number of hydrogen-bond acceptors (Lipinski definition) is 9. The molecule has 0 saturated heterocycles. The number of carbonyl (C=O) groups is 6. The van der Waals surface area contributed by atoms with E-state index in [2.05, 4.69) is 10.6 Å². The lowest BCUT2D eigenvalue weighted by molar-refractivity contribution is -0.146. The molecular formula is C22H30N4O11. The van der Waals surface area contributed by atoms with Crippen LogP contribution in [0.15, 0.2) is 24.3 Å². The molecule has 5 unspecified atom stereocenters. The average molecular weight is 526 g/mol. The van der Waals surface area contributed by atoms with Gasteiger partial charge in [0.05, 0.1) is 18.6 Å². The number of nitrogens with one attached hydrogen (secondary N) is 3. The first-order chi connectivity index (χ1) is 17.2. The van der Waals surface area contributed by atoms with E-state index in [-0.39, 0.29) is 18.6 Å². The summed E-state index contributed by atoms with van der Waals surface area (Å²) in [5, 5.41) is 52.6. The lowest BCUT2D eigenvalue weighted by atomic mass is 10.0. The van der Waals surface area contributed by atoms with Gasteiger partial charge in [0.25, 0.3) is 0 Å². The van der Waals surface area contributed by atoms with Crippen LogP contribution in [0, 0.1) is 0 Å². The van der Waals surface area contributed by atoms with Gasteiger partial charge in [-0.25, -0.2) is 4.79 Å². The zero-order valence-corrected chi connectivity index (χ0v) is 19.8. The highest BCUT2D eigenvalue weighted by molar-refractivity contribution is 5.95. The van der Waals surface area contributed by atoms with Crippen LogP contribution in [-0.2, 0) is 35.2 Å². The number of aliphatic hydroxyl groups excluding tert-OH is 1. The maximum atomic E-state index is 13.0. The van der Waals surface area contributed by atoms with Crippen molar-refractivity contribution in [1.82, 2.24) is 16.0 Å². The minimum Gasteiger partial charge on any atom is -0.508 e. The van der Waals surface area contributed by atoms with Crippen molar-refractivity contribution in [2.24, 2.45) is 5.73 Å². The van der Waals surface area contributed by atoms with Crippen molar-refractivity contribution in [2.45, 2.75) is 62.9 Å². The quantitative estimate of drug-likeness (QED) is 0.115. The molecule has 204 valence electrons. The van der Waals surface area contributed by atoms with Crippen molar-refractivity contribution in [2.75, 3.05) is 0 Å². The normalized spacial score (nSPS) is 14.8. The molecule has 15 heteroatoms. The van der Waals surface area contributed by atoms with E-state index in [1.54, 1.807) is 0 Å². The molecule has 0 fully saturated rings. The van der Waals surface area contributed by atoms with Crippen LogP contribution in [0.4, 0.5) is 0 Å². The summed E-state index contributed by atoms with van der Waals surface area (Å²) in [4.78, 5) is 71.4. The smallest absolute Gasteiger partial charge is 0.328 e. The van der Waals surface area contributed by atoms with Gasteiger partial charge in [-0.05, 0) is 31.0 Å². The molecule has 37 heavy (non-hydrogen) atoms. The standard InChI is InChI=1S/C22H30N4O11/c1-10(27)18(22(36)37)26-21(35)15(9-17(31)32)25-20(34)14(8-11-2-4-12(28)5-3-11)24-19(33)13(23)6-7-16(29)30/h2-5,10,13-15,18,27-28H,6-9,23H2,1H3,(H,24,33)(H,25,34)(H,26,35)(H,29,30)(H,31,32)(H,36,37). The zero-order valence-electron chi connectivity index (χ0n) is 19.8. The van der Waals surface area contributed by atoms with E-state index in [0.717, 1.165) is 6.92 Å². The number of phenols is 1. The van der Waals surface area contributed by atoms with Gasteiger partial charge in [0.15, 0.2) is 6.04 Å². The van der Waals surface area contributed by atoms with E-state index in [1.165, 1.54) is 24.3 Å². The molecule has 0 radical (unpaired) electrons. The molecule has 3 amide bonds. The second-order valence-corrected chi connectivity index (χ2v) is 8.19. The maximum Gasteiger partial charge on any atom is 0.328 e. The van der Waals surface area contributed by atoms with E-state index >= 15 is 0 Å². The van der Waals surface area contributed by atoms with Crippen LogP contribution in [-0.4, -0.2) is 91.4 Å². The zero-order chi connectivity index (χ0) is 28.3. The molecule has 0 heterocycles. The fourth-order valence-corrected chi connectivity index (χ4v) is 3.06. The molecule has 0 aliphatic carbocycles. The number of carboxylic acids is 3. The number of aliphatic carboxylic acids is 3. The van der Waals surface area contributed by atoms with Crippen LogP contribution >= 0.6 is 0 Å². The topological polar surface area (TPSA) is 266 Å². The third-order valence-electron chi connectivity index (χ3n) is 5.07. The fraction of sp³-hybridized carbons (Fsp3) is 0.455. The van der Waals surface area contributed by atoms with Gasteiger partial charge in [0.2, 0.25) is 17.7 Å². The highest BCUT2D eigenvalue weighted by atomic mass is 16.4. The van der Waals surface area contributed by atoms with E-state index in [0.29, 0.717) is 5.56 Å². The number of amides is 3. The molecular weight excluding hydrogens is 496 g/mol. The van der Waals surface area contributed by atoms with Crippen molar-refractivity contribution in [3.05, 3.63) is 29.8 Å². The molecule has 0 aliphatic rings. The number of carbonyl (C=O) groups excluding carboxylic acids is 3. The Morgan fingerprint density at radius 2 is 1.38 bits per heavy atom. The molecule has 0 saturated carbocycles. The van der Waals surface area contributed by atoms with E-state index in [9.17, 15) is 39.0 Å². The van der Waals surface area contributed by atoms with E-state index in [4.69, 9.17) is 21.1 Å². The number of carboxylic acid groups (broad SMARTS) is 3. The van der Waals surface area contributed by atoms with Crippen LogP contribution < -0.4 is 21.7 Å². The van der Waals surface area contributed by atoms with Gasteiger partial charge >= 0.3 is 17.9 Å². The largest absolute Gasteiger partial charge is 0.508 e. The summed E-state index contributed by atoms with van der Waals surface area (Å²) >= 11 is 0. The number of aromatic hydroxyl groups is 1. The number of benzene rings is 1. The molecule has 0 aromatic heterocycles. The van der Waals surface area contributed by atoms with Crippen LogP contribution in [0.25, 0.3) is 0 Å². The molecule has 10 N–H and O–H groups in total. The minimum absolute atomic E-state index is 0.0752. The highest BCUT2D eigenvalue weighted by Crippen LogP contribution is 2.12. The Kier molecular flexibility index (Phi) is 11.9. The number of hydrogen-bond donors (Lipinski definition) is 9. The van der Waals surface area contributed by atoms with Gasteiger partial charge < -0.3 is 47.2 Å². The first-order valence-electron chi connectivity index (χ1n) is 11.0. The molecule has 1 rings (SSSR count). The van der Waals surface area contributed by atoms with Gasteiger partial charge in [-0.2, -0.15) is 0 Å². The summed E-state index contributed by atoms with van der Waals surface area (Å²) in [6, 6.07) is -0.802. The van der Waals surface area contributed by atoms with Gasteiger partial charge in [0.1, 0.15) is 17.8 Å². The lowest BCUT2D eigenvalue weighted by Crippen LogP contribution is -2.59. The summed E-state index contributed by atoms with van der Waals surface area (Å²) in [6.07, 6.45) is -3.36. The summed E-state index contributed by atoms with van der Waals surface area (Å²) in [7, 11) is 0. The summed E-state index contributed by atoms with van der Waals surface area (Å²) in [5.41, 5.74) is 6.13. The van der Waals surface area contributed by atoms with Gasteiger partial charge in [0, 0.05) is 12.8 Å². The third-order valence-corrected chi connectivity index (χ3v) is 5.07. The molecule has 0 aliphatic heterocycles. The third kappa shape index (κ3) is 10.9. The van der Waals surface area contributed by atoms with E-state index < -0.39 is 78.7 Å². The number of rotatable bonds is 15. The summed E-state index contributed by atoms with van der Waals surface area (Å²) in [5.74, 6) is -7.51. The lowest BCUT2D eigenvalue weighted by Gasteiger charge is -2.25. The van der Waals surface area contributed by atoms with E-state index in [1.807, 2.05) is 5.32 Å². The monoisotopic (exact) mass is 526 g/mol. The Bertz CT molecular complexity index is 997. The number of phenolic OH excluding ortho intramolecular Hbond substituents is 1. The second kappa shape index (κ2) is 14.4. The Morgan fingerprint density at radius 1 is 0.838 bits per heavy atom. The van der Waals surface area contributed by atoms with Crippen molar-refractivity contribution in [3.8, 4) is 5.75 Å². The number of nitrogens with two attached hydrogens (primary N) is 1. The fourth-order valence-electron chi connectivity index (χ4n) is 3.06. The van der Waals surface area contributed by atoms with Gasteiger partial charge in [-0.3, -0.25) is 24.0 Å². The van der Waals surface area contributed by atoms with Crippen LogP contribution in [0.2, 0.25) is 0 Å². The average Bonchev–Trinajstić information content (AvgIpc) is 2.80. The van der Waals surface area contributed by atoms with Crippen LogP contribution in [0.5, 0.6) is 5.75 Å². The Morgan fingerprint density at radius 3 is 1.86 bits per heavy atom. The Balaban J connectivity index is 3.14. The molecule has 15 nitrogen and oxygen atoms in total. The summed E-state index contributed by atoms with van der Waals surface area (Å²) < 4.78 is 0. The predicted molar refractivity (Wildman–Crippen MR) is 124 cm³/mol. The number of aliphatic hydroxyl groups is 1. The first kappa shape index (κ1) is 30.8. The summed E-state index contributed by atoms with van der Waals surface area (Å²) in [6.45, 7) is 1.08. The van der Waals surface area contributed by atoms with Gasteiger partial charge in [-0.1, -0.05) is 12.1 Å². The Hall–Kier alpha value is -4.24. The van der Waals surface area contributed by atoms with Crippen molar-refractivity contribution in [3.63, 3.8) is 0 Å². The minimum atomic E-state index is -1.79. The molecule has 1 aromatic carbocycles. The highest BCUT2D eigenvalue weighted by Gasteiger charge is 2.33. The molecule has 1 aromatic rings. The maximum absolute atomic E-state index is 13.0. The SMILES string of the molecule is CC(O)C(NC(=O)C(CC(=O)O)NC(=O)C(Cc1ccc(O)cc1)NC(=O)C(N)CCC(=O)O)C(=O)O. The Labute approximate surface area is 210 Å². The van der Waals surface area contributed by atoms with Crippen LogP contribution in [0.3, 0.4) is 0 Å². The molecule has 0 bridgehead atoms. The second-order valence-electron chi connectivity index (χ2n) is 8.19. The van der Waals surface area contributed by atoms with Crippen molar-refractivity contribution >= 4 is 35.6 Å². The molecule has 0 spiro atoms. The predicted octanol–water partition coefficient (Wildman–Crippen LogP) is -2.48. The van der Waals surface area contributed by atoms with Gasteiger partial charge in [-0.15, -0.1) is 0 Å². The van der Waals surface area contributed by atoms with Crippen LogP contribution in [0.1, 0.15) is 31.7 Å². The first-order valence-corrected chi connectivity index (χ1v) is 11.0. The van der Waals surface area contributed by atoms with Crippen molar-refractivity contribution < 1.29 is 54.3 Å².